The Hall–Kier alpha value is -3.69. The summed E-state index contributed by atoms with van der Waals surface area (Å²) in [5.41, 5.74) is 5.82. The first-order chi connectivity index (χ1) is 36.4. The van der Waals surface area contributed by atoms with Crippen LogP contribution in [0.15, 0.2) is 55.6 Å². The molecule has 1 saturated heterocycles. The maximum atomic E-state index is 10.5. The Balaban J connectivity index is -0.0000000378. The predicted molar refractivity (Wildman–Crippen MR) is 342 cm³/mol. The minimum Gasteiger partial charge on any atom is -0.400 e. The van der Waals surface area contributed by atoms with E-state index in [1.807, 2.05) is 77.7 Å². The molecule has 10 N–H and O–H groups in total. The van der Waals surface area contributed by atoms with E-state index in [1.165, 1.54) is 58.8 Å². The number of rotatable bonds is 10. The van der Waals surface area contributed by atoms with Gasteiger partial charge in [-0.1, -0.05) is 103 Å². The van der Waals surface area contributed by atoms with Crippen molar-refractivity contribution in [3.05, 3.63) is 61.2 Å². The van der Waals surface area contributed by atoms with E-state index in [-0.39, 0.29) is 38.7 Å². The van der Waals surface area contributed by atoms with E-state index in [4.69, 9.17) is 15.5 Å². The van der Waals surface area contributed by atoms with Gasteiger partial charge >= 0.3 is 6.18 Å². The van der Waals surface area contributed by atoms with Crippen LogP contribution in [0.1, 0.15) is 120 Å². The Morgan fingerprint density at radius 1 is 0.859 bits per heavy atom. The molecule has 78 heavy (non-hydrogen) atoms. The monoisotopic (exact) mass is 1160 g/mol. The fourth-order valence-corrected chi connectivity index (χ4v) is 2.73. The highest BCUT2D eigenvalue weighted by Gasteiger charge is 2.28. The van der Waals surface area contributed by atoms with Gasteiger partial charge in [-0.3, -0.25) is 18.8 Å². The van der Waals surface area contributed by atoms with Crippen molar-refractivity contribution in [2.75, 3.05) is 157 Å². The smallest absolute Gasteiger partial charge is 0.386 e. The van der Waals surface area contributed by atoms with E-state index >= 15 is 0 Å². The Morgan fingerprint density at radius 2 is 1.18 bits per heavy atom. The van der Waals surface area contributed by atoms with Gasteiger partial charge in [0.25, 0.3) is 0 Å². The number of hydrogen-bond donors (Lipinski definition) is 9. The number of carbonyl (C=O) groups excluding carboxylic acids is 3. The largest absolute Gasteiger partial charge is 0.400 e. The molecule has 21 heteroatoms. The number of nitriles is 1. The summed E-state index contributed by atoms with van der Waals surface area (Å²) >= 11 is 1.75. The molecular formula is C57H132F4N10O6S. The summed E-state index contributed by atoms with van der Waals surface area (Å²) in [5, 5.41) is 38.5. The molecular weight excluding hydrogens is 1030 g/mol. The second-order valence-corrected chi connectivity index (χ2v) is 15.0. The number of nitrogens with zero attached hydrogens (tertiary/aromatic N) is 3. The maximum Gasteiger partial charge on any atom is 0.386 e. The van der Waals surface area contributed by atoms with Crippen LogP contribution in [0.2, 0.25) is 0 Å². The fraction of sp³-hybridized carbons (Fsp3) is 0.754. The lowest BCUT2D eigenvalue weighted by atomic mass is 10.2. The minimum absolute atomic E-state index is 0. The van der Waals surface area contributed by atoms with Crippen LogP contribution < -0.4 is 37.6 Å². The number of halogens is 4. The highest BCUT2D eigenvalue weighted by Crippen LogP contribution is 2.28. The van der Waals surface area contributed by atoms with Crippen molar-refractivity contribution in [2.45, 2.75) is 128 Å². The van der Waals surface area contributed by atoms with Gasteiger partial charge in [0.05, 0.1) is 19.9 Å². The van der Waals surface area contributed by atoms with Gasteiger partial charge in [0.1, 0.15) is 0 Å². The van der Waals surface area contributed by atoms with Crippen molar-refractivity contribution in [1.82, 2.24) is 41.7 Å². The molecule has 0 spiro atoms. The molecule has 1 aromatic carbocycles. The molecule has 2 aliphatic rings. The molecule has 0 atom stereocenters. The second-order valence-electron chi connectivity index (χ2n) is 14.2. The van der Waals surface area contributed by atoms with E-state index in [1.54, 1.807) is 60.2 Å². The third-order valence-electron chi connectivity index (χ3n) is 6.22. The first-order valence-electron chi connectivity index (χ1n) is 25.7. The molecule has 3 amide bonds. The van der Waals surface area contributed by atoms with E-state index < -0.39 is 6.18 Å². The average molecular weight is 1160 g/mol. The van der Waals surface area contributed by atoms with Crippen molar-refractivity contribution in [3.8, 4) is 6.07 Å². The normalized spacial score (nSPS) is 9.60. The SMILES string of the molecule is C.C=CCC.C=CCNC.CC.CC#N.CC(F)(F)F.CCC.CCC(=O)NC.CF.CN.CN1CCCC1.CNC(=O)C1CC1.CNC(C)=O.CNCCN(C)C.CNCCO.CO.COC.CSC.Cc1ccccc1. The maximum absolute atomic E-state index is 10.5. The number of likely N-dealkylation sites (tertiary alicyclic amines) is 1. The van der Waals surface area contributed by atoms with Gasteiger partial charge in [-0.2, -0.15) is 30.2 Å². The number of thioether (sulfide) groups is 1. The number of likely N-dealkylation sites (N-methyl/N-ethyl adjacent to an activating group) is 4. The number of nitrogens with two attached hydrogens (primary N) is 1. The molecule has 0 unspecified atom stereocenters. The Bertz CT molecular complexity index is 1110. The summed E-state index contributed by atoms with van der Waals surface area (Å²) in [4.78, 5) is 34.7. The summed E-state index contributed by atoms with van der Waals surface area (Å²) in [6.07, 6.45) is 11.7. The first kappa shape index (κ1) is 117. The van der Waals surface area contributed by atoms with Crippen LogP contribution in [-0.4, -0.2) is 201 Å². The molecule has 0 bridgehead atoms. The number of aliphatic hydroxyl groups excluding tert-OH is 2. The highest BCUT2D eigenvalue weighted by atomic mass is 32.2. The number of aryl methyl sites for hydroxylation is 1. The molecule has 0 aromatic heterocycles. The number of alkyl halides is 4. The molecule has 1 aliphatic carbocycles. The minimum atomic E-state index is -4.00. The second kappa shape index (κ2) is 135. The lowest BCUT2D eigenvalue weighted by Crippen LogP contribution is -2.23. The summed E-state index contributed by atoms with van der Waals surface area (Å²) in [6.45, 7) is 30.9. The molecule has 480 valence electrons. The van der Waals surface area contributed by atoms with Crippen molar-refractivity contribution < 1.29 is 46.9 Å². The third-order valence-corrected chi connectivity index (χ3v) is 6.22. The quantitative estimate of drug-likeness (QED) is 0.0785. The van der Waals surface area contributed by atoms with Crippen LogP contribution in [-0.2, 0) is 19.1 Å². The molecule has 1 aliphatic heterocycles. The van der Waals surface area contributed by atoms with Crippen LogP contribution in [0.5, 0.6) is 0 Å². The molecule has 1 saturated carbocycles. The molecule has 3 rings (SSSR count). The third kappa shape index (κ3) is 295. The molecule has 1 heterocycles. The molecule has 0 radical (unpaired) electrons. The number of benzene rings is 1. The van der Waals surface area contributed by atoms with Crippen LogP contribution in [0.3, 0.4) is 0 Å². The summed E-state index contributed by atoms with van der Waals surface area (Å²) in [5.74, 6) is 0.671. The number of hydrogen-bond acceptors (Lipinski definition) is 14. The lowest BCUT2D eigenvalue weighted by Gasteiger charge is -2.06. The lowest BCUT2D eigenvalue weighted by molar-refractivity contribution is -0.122. The van der Waals surface area contributed by atoms with E-state index in [9.17, 15) is 31.9 Å². The standard InChI is InChI=1S/C7H8.C5H14N2.C5H9NO.C5H11N.C4H9NO.C4H9N.C4H8.C3H9NO.C3H7NO.C3H8.C2H3F3.C2H3N.C2H6O.C2H6S.C2H6.CH3F.CH5N.CH4O.CH4/c1-7-5-3-2-4-6-7;1-6-4-5-7(2)3;1-6-5(7)4-2-3-4;1-6-4-2-3-5-6;1-3-4(6)5-2;1-3-4-5-2;1-3-4-2;1-4-2-3-5;1-3(5)4-2;1-3-2;1-2(3,4)5;1-2-3;2*1-3-2;4*1-2;/h2-6H,1H3;6H,4-5H2,1-3H3;4H,2-3H2,1H3,(H,6,7);2-5H2,1H3;3H2,1-2H3,(H,5,6);3,5H,1,4H2,2H3;3H,1,4H2,2H3;4-5H,2-3H2,1H3;1-2H3,(H,4,5);3H2,1-2H3;1H3;1H3;2*1-2H3;1-2H3;1H3;2H2,1H3;2H,1H3;1H4. The zero-order valence-electron chi connectivity index (χ0n) is 54.3. The average Bonchev–Trinajstić information content (AvgIpc) is 4.17. The number of nitrogens with one attached hydrogen (secondary N) is 6. The van der Waals surface area contributed by atoms with E-state index in [0.29, 0.717) is 26.1 Å². The van der Waals surface area contributed by atoms with Gasteiger partial charge in [0.15, 0.2) is 0 Å². The molecule has 16 nitrogen and oxygen atoms in total. The summed E-state index contributed by atoms with van der Waals surface area (Å²) in [7, 11) is 23.1. The fourth-order valence-electron chi connectivity index (χ4n) is 2.73. The van der Waals surface area contributed by atoms with Gasteiger partial charge in [0, 0.05) is 102 Å². The number of amides is 3. The van der Waals surface area contributed by atoms with Crippen molar-refractivity contribution >= 4 is 29.5 Å². The Morgan fingerprint density at radius 3 is 1.24 bits per heavy atom. The van der Waals surface area contributed by atoms with Gasteiger partial charge < -0.3 is 62.4 Å². The number of methoxy groups -OCH3 is 1. The number of ether oxygens (including phenoxy) is 1. The molecule has 2 fully saturated rings. The zero-order chi connectivity index (χ0) is 64.8. The topological polar surface area (TPSA) is 229 Å². The van der Waals surface area contributed by atoms with Gasteiger partial charge in [0.2, 0.25) is 17.7 Å². The van der Waals surface area contributed by atoms with Crippen LogP contribution >= 0.6 is 11.8 Å². The van der Waals surface area contributed by atoms with Crippen LogP contribution in [0, 0.1) is 24.2 Å². The van der Waals surface area contributed by atoms with Crippen LogP contribution in [0.4, 0.5) is 17.6 Å². The number of carbonyl (C=O) groups is 3. The highest BCUT2D eigenvalue weighted by molar-refractivity contribution is 7.97. The first-order valence-corrected chi connectivity index (χ1v) is 27.3. The van der Waals surface area contributed by atoms with Crippen LogP contribution in [0.25, 0.3) is 0 Å². The van der Waals surface area contributed by atoms with Crippen molar-refractivity contribution in [2.24, 2.45) is 11.7 Å². The van der Waals surface area contributed by atoms with Gasteiger partial charge in [-0.15, -0.1) is 13.2 Å². The summed E-state index contributed by atoms with van der Waals surface area (Å²) < 4.78 is 44.8. The van der Waals surface area contributed by atoms with E-state index in [2.05, 4.69) is 126 Å². The number of allylic oxidation sites excluding steroid dienone is 1. The Labute approximate surface area is 485 Å². The number of aliphatic hydroxyl groups is 2. The van der Waals surface area contributed by atoms with Crippen molar-refractivity contribution in [1.29, 1.82) is 5.26 Å². The van der Waals surface area contributed by atoms with Gasteiger partial charge in [-0.25, -0.2) is 0 Å². The zero-order valence-corrected chi connectivity index (χ0v) is 55.1. The predicted octanol–water partition coefficient (Wildman–Crippen LogP) is 9.87. The molecule has 1 aromatic rings. The van der Waals surface area contributed by atoms with Gasteiger partial charge in [-0.05, 0) is 114 Å². The van der Waals surface area contributed by atoms with E-state index in [0.717, 1.165) is 46.0 Å². The van der Waals surface area contributed by atoms with Crippen molar-refractivity contribution in [3.63, 3.8) is 0 Å². The Kier molecular flexibility index (Phi) is 203. The summed E-state index contributed by atoms with van der Waals surface area (Å²) in [6, 6.07) is 12.0.